The third-order valence-corrected chi connectivity index (χ3v) is 3.47. The number of anilines is 1. The Balaban J connectivity index is 1.89. The summed E-state index contributed by atoms with van der Waals surface area (Å²) in [4.78, 5) is 26.5. The number of carboxylic acid groups (broad SMARTS) is 1. The minimum absolute atomic E-state index is 0.117. The minimum atomic E-state index is -1.04. The summed E-state index contributed by atoms with van der Waals surface area (Å²) in [5.41, 5.74) is 0.579. The number of aryl methyl sites for hydroxylation is 1. The van der Waals surface area contributed by atoms with Crippen LogP contribution in [0.3, 0.4) is 0 Å². The van der Waals surface area contributed by atoms with Crippen molar-refractivity contribution in [3.05, 3.63) is 34.6 Å². The fourth-order valence-electron chi connectivity index (χ4n) is 1.47. The van der Waals surface area contributed by atoms with Crippen molar-refractivity contribution in [2.45, 2.75) is 19.9 Å². The molecule has 0 radical (unpaired) electrons. The summed E-state index contributed by atoms with van der Waals surface area (Å²) in [5, 5.41) is 23.0. The smallest absolute Gasteiger partial charge is 0.335 e. The maximum Gasteiger partial charge on any atom is 0.335 e. The number of hydrogen-bond acceptors (Lipinski definition) is 6. The molecule has 0 atom stereocenters. The summed E-state index contributed by atoms with van der Waals surface area (Å²) >= 11 is 1.30. The van der Waals surface area contributed by atoms with E-state index < -0.39 is 12.0 Å². The molecule has 0 saturated heterocycles. The van der Waals surface area contributed by atoms with Crippen molar-refractivity contribution in [3.8, 4) is 0 Å². The number of aromatic nitrogens is 3. The van der Waals surface area contributed by atoms with Crippen molar-refractivity contribution in [2.24, 2.45) is 0 Å². The predicted octanol–water partition coefficient (Wildman–Crippen LogP) is 1.52. The zero-order valence-corrected chi connectivity index (χ0v) is 12.0. The number of urea groups is 1. The molecule has 2 amide bonds. The molecule has 2 heterocycles. The van der Waals surface area contributed by atoms with Crippen molar-refractivity contribution in [1.82, 2.24) is 20.5 Å². The Morgan fingerprint density at radius 2 is 2.19 bits per heavy atom. The van der Waals surface area contributed by atoms with E-state index in [4.69, 9.17) is 5.11 Å². The molecule has 2 rings (SSSR count). The first-order chi connectivity index (χ1) is 10.1. The second kappa shape index (κ2) is 6.75. The molecule has 0 bridgehead atoms. The number of nitrogens with zero attached hydrogens (tertiary/aromatic N) is 3. The second-order valence-corrected chi connectivity index (χ2v) is 5.07. The van der Waals surface area contributed by atoms with Gasteiger partial charge in [0.25, 0.3) is 0 Å². The lowest BCUT2D eigenvalue weighted by molar-refractivity contribution is 0.0696. The van der Waals surface area contributed by atoms with Crippen molar-refractivity contribution in [2.75, 3.05) is 5.32 Å². The number of hydrogen-bond donors (Lipinski definition) is 3. The van der Waals surface area contributed by atoms with Gasteiger partial charge in [-0.25, -0.2) is 9.59 Å². The highest BCUT2D eigenvalue weighted by molar-refractivity contribution is 7.15. The lowest BCUT2D eigenvalue weighted by Gasteiger charge is -2.05. The van der Waals surface area contributed by atoms with Gasteiger partial charge in [-0.15, -0.1) is 10.2 Å². The summed E-state index contributed by atoms with van der Waals surface area (Å²) in [7, 11) is 0. The Kier molecular flexibility index (Phi) is 4.77. The second-order valence-electron chi connectivity index (χ2n) is 4.00. The number of aromatic carboxylic acids is 1. The maximum atomic E-state index is 11.7. The van der Waals surface area contributed by atoms with Crippen LogP contribution in [0.5, 0.6) is 0 Å². The summed E-state index contributed by atoms with van der Waals surface area (Å²) in [6.45, 7) is 2.07. The van der Waals surface area contributed by atoms with Gasteiger partial charge in [0.05, 0.1) is 17.8 Å². The number of amides is 2. The number of rotatable bonds is 5. The molecule has 0 saturated carbocycles. The first-order valence-corrected chi connectivity index (χ1v) is 6.95. The Bertz CT molecular complexity index is 658. The molecular weight excluding hydrogens is 294 g/mol. The van der Waals surface area contributed by atoms with Crippen LogP contribution in [0.4, 0.5) is 9.93 Å². The number of carbonyl (C=O) groups excluding carboxylic acids is 1. The SMILES string of the molecule is CCc1nnc(NC(=O)NCc2cc(C(=O)O)ccn2)s1. The van der Waals surface area contributed by atoms with Crippen LogP contribution in [0.25, 0.3) is 0 Å². The Labute approximate surface area is 124 Å². The highest BCUT2D eigenvalue weighted by atomic mass is 32.1. The Morgan fingerprint density at radius 3 is 2.86 bits per heavy atom. The summed E-state index contributed by atoms with van der Waals surface area (Å²) < 4.78 is 0. The quantitative estimate of drug-likeness (QED) is 0.771. The molecule has 2 aromatic rings. The van der Waals surface area contributed by atoms with Crippen molar-refractivity contribution >= 4 is 28.5 Å². The van der Waals surface area contributed by atoms with E-state index >= 15 is 0 Å². The maximum absolute atomic E-state index is 11.7. The van der Waals surface area contributed by atoms with Gasteiger partial charge in [0.15, 0.2) is 0 Å². The standard InChI is InChI=1S/C12H13N5O3S/c1-2-9-16-17-12(21-9)15-11(20)14-6-8-5-7(10(18)19)3-4-13-8/h3-5H,2,6H2,1H3,(H,18,19)(H2,14,15,17,20). The van der Waals surface area contributed by atoms with Crippen LogP contribution < -0.4 is 10.6 Å². The molecule has 21 heavy (non-hydrogen) atoms. The molecule has 0 fully saturated rings. The van der Waals surface area contributed by atoms with Crippen molar-refractivity contribution in [1.29, 1.82) is 0 Å². The third-order valence-electron chi connectivity index (χ3n) is 2.48. The van der Waals surface area contributed by atoms with Gasteiger partial charge in [-0.1, -0.05) is 18.3 Å². The van der Waals surface area contributed by atoms with Crippen LogP contribution in [0.2, 0.25) is 0 Å². The highest BCUT2D eigenvalue weighted by Gasteiger charge is 2.08. The molecule has 0 unspecified atom stereocenters. The van der Waals surface area contributed by atoms with E-state index in [0.29, 0.717) is 10.8 Å². The van der Waals surface area contributed by atoms with E-state index in [1.807, 2.05) is 6.92 Å². The van der Waals surface area contributed by atoms with Crippen LogP contribution in [0, 0.1) is 0 Å². The monoisotopic (exact) mass is 307 g/mol. The van der Waals surface area contributed by atoms with Gasteiger partial charge in [0.1, 0.15) is 5.01 Å². The molecule has 110 valence electrons. The molecule has 0 aliphatic heterocycles. The van der Waals surface area contributed by atoms with Gasteiger partial charge in [0.2, 0.25) is 5.13 Å². The molecule has 0 aromatic carbocycles. The Hall–Kier alpha value is -2.55. The van der Waals surface area contributed by atoms with E-state index in [-0.39, 0.29) is 12.1 Å². The van der Waals surface area contributed by atoms with Crippen molar-refractivity contribution < 1.29 is 14.7 Å². The van der Waals surface area contributed by atoms with Crippen LogP contribution in [-0.2, 0) is 13.0 Å². The zero-order valence-electron chi connectivity index (χ0n) is 11.2. The van der Waals surface area contributed by atoms with Gasteiger partial charge >= 0.3 is 12.0 Å². The largest absolute Gasteiger partial charge is 0.478 e. The average molecular weight is 307 g/mol. The number of carboxylic acids is 1. The number of nitrogens with one attached hydrogen (secondary N) is 2. The average Bonchev–Trinajstić information content (AvgIpc) is 2.93. The number of carbonyl (C=O) groups is 2. The molecule has 0 aliphatic rings. The van der Waals surface area contributed by atoms with E-state index in [1.165, 1.54) is 29.7 Å². The lowest BCUT2D eigenvalue weighted by atomic mass is 10.2. The molecule has 0 aliphatic carbocycles. The van der Waals surface area contributed by atoms with E-state index in [9.17, 15) is 9.59 Å². The summed E-state index contributed by atoms with van der Waals surface area (Å²) in [6.07, 6.45) is 2.14. The van der Waals surface area contributed by atoms with Gasteiger partial charge in [-0.2, -0.15) is 0 Å². The zero-order chi connectivity index (χ0) is 15.2. The highest BCUT2D eigenvalue weighted by Crippen LogP contribution is 2.14. The van der Waals surface area contributed by atoms with Gasteiger partial charge in [-0.3, -0.25) is 10.3 Å². The molecular formula is C12H13N5O3S. The van der Waals surface area contributed by atoms with Crippen LogP contribution >= 0.6 is 11.3 Å². The van der Waals surface area contributed by atoms with Crippen molar-refractivity contribution in [3.63, 3.8) is 0 Å². The van der Waals surface area contributed by atoms with Crippen LogP contribution in [-0.4, -0.2) is 32.3 Å². The normalized spacial score (nSPS) is 10.1. The number of pyridine rings is 1. The first-order valence-electron chi connectivity index (χ1n) is 6.14. The van der Waals surface area contributed by atoms with Gasteiger partial charge in [-0.05, 0) is 18.6 Å². The molecule has 3 N–H and O–H groups in total. The van der Waals surface area contributed by atoms with Gasteiger partial charge < -0.3 is 10.4 Å². The molecule has 2 aromatic heterocycles. The van der Waals surface area contributed by atoms with E-state index in [0.717, 1.165) is 11.4 Å². The first kappa shape index (κ1) is 14.9. The fraction of sp³-hybridized carbons (Fsp3) is 0.250. The third kappa shape index (κ3) is 4.21. The van der Waals surface area contributed by atoms with Gasteiger partial charge in [0, 0.05) is 6.20 Å². The van der Waals surface area contributed by atoms with Crippen LogP contribution in [0.1, 0.15) is 28.0 Å². The topological polar surface area (TPSA) is 117 Å². The van der Waals surface area contributed by atoms with E-state index in [2.05, 4.69) is 25.8 Å². The fourth-order valence-corrected chi connectivity index (χ4v) is 2.14. The Morgan fingerprint density at radius 1 is 1.38 bits per heavy atom. The minimum Gasteiger partial charge on any atom is -0.478 e. The molecule has 0 spiro atoms. The van der Waals surface area contributed by atoms with E-state index in [1.54, 1.807) is 0 Å². The van der Waals surface area contributed by atoms with Crippen LogP contribution in [0.15, 0.2) is 18.3 Å². The lowest BCUT2D eigenvalue weighted by Crippen LogP contribution is -2.28. The summed E-state index contributed by atoms with van der Waals surface area (Å²) in [6, 6.07) is 2.35. The molecule has 9 heteroatoms. The predicted molar refractivity (Wildman–Crippen MR) is 76.3 cm³/mol. The molecule has 8 nitrogen and oxygen atoms in total. The summed E-state index contributed by atoms with van der Waals surface area (Å²) in [5.74, 6) is -1.04.